The van der Waals surface area contributed by atoms with Crippen molar-refractivity contribution < 1.29 is 31.3 Å². The van der Waals surface area contributed by atoms with Crippen LogP contribution in [-0.4, -0.2) is 60.6 Å². The molecule has 1 amide bonds. The third-order valence-electron chi connectivity index (χ3n) is 5.41. The molecule has 0 aromatic carbocycles. The molecule has 0 aliphatic carbocycles. The fourth-order valence-corrected chi connectivity index (χ4v) is 4.43. The predicted molar refractivity (Wildman–Crippen MR) is 118 cm³/mol. The third-order valence-corrected chi connectivity index (χ3v) is 6.48. The molecule has 1 aliphatic rings. The number of thiophene rings is 1. The quantitative estimate of drug-likeness (QED) is 0.321. The second kappa shape index (κ2) is 9.76. The van der Waals surface area contributed by atoms with Crippen LogP contribution in [-0.2, 0) is 12.7 Å². The first-order valence-corrected chi connectivity index (χ1v) is 11.4. The topological polar surface area (TPSA) is 114 Å². The van der Waals surface area contributed by atoms with Crippen LogP contribution in [0.1, 0.15) is 21.1 Å². The predicted octanol–water partition coefficient (Wildman–Crippen LogP) is 4.07. The van der Waals surface area contributed by atoms with Crippen LogP contribution in [0.2, 0.25) is 0 Å². The van der Waals surface area contributed by atoms with Gasteiger partial charge in [-0.05, 0) is 18.2 Å². The van der Waals surface area contributed by atoms with Gasteiger partial charge in [0.15, 0.2) is 11.6 Å². The number of aromatic nitrogens is 6. The average molecular weight is 538 g/mol. The van der Waals surface area contributed by atoms with Gasteiger partial charge >= 0.3 is 12.1 Å². The molecule has 4 aromatic rings. The zero-order valence-corrected chi connectivity index (χ0v) is 19.3. The molecule has 37 heavy (non-hydrogen) atoms. The highest BCUT2D eigenvalue weighted by atomic mass is 32.1. The van der Waals surface area contributed by atoms with Gasteiger partial charge in [0, 0.05) is 30.4 Å². The minimum Gasteiger partial charge on any atom is -0.337 e. The molecular weight excluding hydrogens is 523 g/mol. The molecule has 0 spiro atoms. The summed E-state index contributed by atoms with van der Waals surface area (Å²) in [7, 11) is 0. The lowest BCUT2D eigenvalue weighted by molar-refractivity contribution is -0.159. The van der Waals surface area contributed by atoms with E-state index in [1.54, 1.807) is 17.0 Å². The van der Waals surface area contributed by atoms with Crippen molar-refractivity contribution in [2.24, 2.45) is 5.92 Å². The first-order valence-electron chi connectivity index (χ1n) is 10.6. The number of rotatable bonds is 7. The molecule has 0 N–H and O–H groups in total. The van der Waals surface area contributed by atoms with Gasteiger partial charge in [-0.15, -0.1) is 16.4 Å². The van der Waals surface area contributed by atoms with Crippen molar-refractivity contribution in [3.05, 3.63) is 59.3 Å². The Balaban J connectivity index is 1.39. The van der Waals surface area contributed by atoms with E-state index in [9.17, 15) is 26.7 Å². The molecule has 0 bridgehead atoms. The van der Waals surface area contributed by atoms with E-state index in [1.165, 1.54) is 35.8 Å². The Morgan fingerprint density at radius 1 is 1.19 bits per heavy atom. The van der Waals surface area contributed by atoms with E-state index in [2.05, 4.69) is 34.8 Å². The van der Waals surface area contributed by atoms with Crippen LogP contribution in [0.5, 0.6) is 0 Å². The number of hydrogen-bond acceptors (Lipinski definition) is 10. The van der Waals surface area contributed by atoms with Gasteiger partial charge in [0.25, 0.3) is 5.91 Å². The summed E-state index contributed by atoms with van der Waals surface area (Å²) >= 11 is 1.12. The Labute approximate surface area is 208 Å². The molecule has 1 fully saturated rings. The summed E-state index contributed by atoms with van der Waals surface area (Å²) in [6, 6.07) is 4.68. The fraction of sp³-hybridized carbons (Fsp3) is 0.286. The second-order valence-corrected chi connectivity index (χ2v) is 9.11. The lowest BCUT2D eigenvalue weighted by Gasteiger charge is -2.38. The minimum atomic E-state index is -4.76. The van der Waals surface area contributed by atoms with Gasteiger partial charge in [0.05, 0.1) is 35.3 Å². The number of hydrogen-bond donors (Lipinski definition) is 0. The lowest BCUT2D eigenvalue weighted by Crippen LogP contribution is -2.52. The summed E-state index contributed by atoms with van der Waals surface area (Å²) in [6.07, 6.45) is -1.63. The Bertz CT molecular complexity index is 1390. The normalized spacial score (nSPS) is 14.2. The number of amides is 1. The standard InChI is InChI=1S/C21H15F5N8O2S/c22-17(23)12-8-33(9-12)19(35)11-5-15(31-29-6-11)34(16-7-27-3-4-28-16)10-13-1-2-14(37-13)18-30-20(36-32-18)21(24,25)26/h1-7,12,17H,8-10H2. The van der Waals surface area contributed by atoms with E-state index >= 15 is 0 Å². The van der Waals surface area contributed by atoms with Gasteiger partial charge in [-0.1, -0.05) is 5.16 Å². The van der Waals surface area contributed by atoms with Crippen LogP contribution < -0.4 is 4.90 Å². The van der Waals surface area contributed by atoms with Gasteiger partial charge in [-0.3, -0.25) is 9.78 Å². The zero-order valence-electron chi connectivity index (χ0n) is 18.5. The van der Waals surface area contributed by atoms with Gasteiger partial charge in [-0.25, -0.2) is 13.8 Å². The summed E-state index contributed by atoms with van der Waals surface area (Å²) in [5.41, 5.74) is 0.157. The van der Waals surface area contributed by atoms with Crippen LogP contribution in [0.25, 0.3) is 10.7 Å². The highest BCUT2D eigenvalue weighted by Gasteiger charge is 2.39. The van der Waals surface area contributed by atoms with E-state index in [-0.39, 0.29) is 36.8 Å². The van der Waals surface area contributed by atoms with Crippen LogP contribution in [0.4, 0.5) is 33.6 Å². The van der Waals surface area contributed by atoms with Gasteiger partial charge < -0.3 is 14.3 Å². The van der Waals surface area contributed by atoms with E-state index in [1.807, 2.05) is 0 Å². The van der Waals surface area contributed by atoms with Crippen LogP contribution in [0, 0.1) is 5.92 Å². The summed E-state index contributed by atoms with van der Waals surface area (Å²) in [5.74, 6) is -2.38. The van der Waals surface area contributed by atoms with E-state index in [4.69, 9.17) is 0 Å². The Kier molecular flexibility index (Phi) is 6.49. The SMILES string of the molecule is O=C(c1cnnc(N(Cc2ccc(-c3noc(C(F)(F)F)n3)s2)c2cnccn2)c1)N1CC(C(F)F)C1. The van der Waals surface area contributed by atoms with E-state index in [0.717, 1.165) is 11.3 Å². The number of anilines is 2. The number of carbonyl (C=O) groups excluding carboxylic acids is 1. The first-order chi connectivity index (χ1) is 17.7. The third kappa shape index (κ3) is 5.23. The van der Waals surface area contributed by atoms with E-state index in [0.29, 0.717) is 15.6 Å². The van der Waals surface area contributed by atoms with Crippen molar-refractivity contribution in [2.45, 2.75) is 19.1 Å². The highest BCUT2D eigenvalue weighted by molar-refractivity contribution is 7.15. The van der Waals surface area contributed by atoms with Crippen molar-refractivity contribution >= 4 is 28.9 Å². The average Bonchev–Trinajstić information content (AvgIpc) is 3.52. The number of nitrogens with zero attached hydrogens (tertiary/aromatic N) is 8. The fourth-order valence-electron chi connectivity index (χ4n) is 3.51. The molecule has 0 saturated carbocycles. The molecule has 10 nitrogen and oxygen atoms in total. The monoisotopic (exact) mass is 538 g/mol. The maximum Gasteiger partial charge on any atom is 0.471 e. The first kappa shape index (κ1) is 24.6. The summed E-state index contributed by atoms with van der Waals surface area (Å²) < 4.78 is 68.3. The molecule has 0 radical (unpaired) electrons. The number of alkyl halides is 5. The zero-order chi connectivity index (χ0) is 26.2. The summed E-state index contributed by atoms with van der Waals surface area (Å²) in [6.45, 7) is 0.0368. The number of likely N-dealkylation sites (tertiary alicyclic amines) is 1. The maximum absolute atomic E-state index is 12.8. The van der Waals surface area contributed by atoms with Crippen LogP contribution >= 0.6 is 11.3 Å². The minimum absolute atomic E-state index is 0.0495. The molecule has 192 valence electrons. The summed E-state index contributed by atoms with van der Waals surface area (Å²) in [4.78, 5) is 28.4. The van der Waals surface area contributed by atoms with Crippen LogP contribution in [0.3, 0.4) is 0 Å². The number of halogens is 5. The second-order valence-electron chi connectivity index (χ2n) is 7.94. The van der Waals surface area contributed by atoms with Gasteiger partial charge in [0.1, 0.15) is 0 Å². The molecule has 1 aliphatic heterocycles. The van der Waals surface area contributed by atoms with Gasteiger partial charge in [-0.2, -0.15) is 23.3 Å². The van der Waals surface area contributed by atoms with Crippen molar-refractivity contribution in [2.75, 3.05) is 18.0 Å². The van der Waals surface area contributed by atoms with Crippen LogP contribution in [0.15, 0.2) is 47.5 Å². The van der Waals surface area contributed by atoms with Crippen molar-refractivity contribution in [1.29, 1.82) is 0 Å². The molecule has 16 heteroatoms. The highest BCUT2D eigenvalue weighted by Crippen LogP contribution is 2.33. The molecule has 5 heterocycles. The molecule has 4 aromatic heterocycles. The summed E-state index contributed by atoms with van der Waals surface area (Å²) in [5, 5.41) is 11.4. The van der Waals surface area contributed by atoms with Gasteiger partial charge in [0.2, 0.25) is 12.2 Å². The molecule has 5 rings (SSSR count). The molecule has 0 atom stereocenters. The molecule has 0 unspecified atom stereocenters. The van der Waals surface area contributed by atoms with Crippen molar-refractivity contribution in [1.82, 2.24) is 35.2 Å². The Morgan fingerprint density at radius 2 is 2.00 bits per heavy atom. The largest absolute Gasteiger partial charge is 0.471 e. The van der Waals surface area contributed by atoms with Crippen molar-refractivity contribution in [3.63, 3.8) is 0 Å². The molecule has 1 saturated heterocycles. The molecular formula is C21H15F5N8O2S. The lowest BCUT2D eigenvalue weighted by atomic mass is 10.00. The Morgan fingerprint density at radius 3 is 2.68 bits per heavy atom. The van der Waals surface area contributed by atoms with E-state index < -0.39 is 30.3 Å². The Hall–Kier alpha value is -4.08. The van der Waals surface area contributed by atoms with Crippen molar-refractivity contribution in [3.8, 4) is 10.7 Å². The maximum atomic E-state index is 12.8. The smallest absolute Gasteiger partial charge is 0.337 e. The number of carbonyl (C=O) groups is 1.